The van der Waals surface area contributed by atoms with Crippen LogP contribution >= 0.6 is 0 Å². The van der Waals surface area contributed by atoms with Crippen LogP contribution in [-0.2, 0) is 6.54 Å². The maximum Gasteiger partial charge on any atom is 0.258 e. The molecule has 0 aliphatic rings. The Balaban J connectivity index is 1.65. The molecule has 0 saturated heterocycles. The van der Waals surface area contributed by atoms with Gasteiger partial charge >= 0.3 is 0 Å². The van der Waals surface area contributed by atoms with Crippen molar-refractivity contribution in [3.8, 4) is 0 Å². The fourth-order valence-corrected chi connectivity index (χ4v) is 2.29. The SMILES string of the molecule is CN(Cc1ccccc1)c1ncc(C(=O)Nc2ccccc2)cn1. The van der Waals surface area contributed by atoms with Crippen molar-refractivity contribution < 1.29 is 4.79 Å². The average molecular weight is 318 g/mol. The van der Waals surface area contributed by atoms with E-state index in [9.17, 15) is 4.79 Å². The number of benzene rings is 2. The molecule has 0 aliphatic carbocycles. The van der Waals surface area contributed by atoms with Gasteiger partial charge in [-0.2, -0.15) is 0 Å². The Hall–Kier alpha value is -3.21. The van der Waals surface area contributed by atoms with E-state index in [1.54, 1.807) is 12.4 Å². The third-order valence-electron chi connectivity index (χ3n) is 3.54. The van der Waals surface area contributed by atoms with Crippen LogP contribution in [0, 0.1) is 0 Å². The van der Waals surface area contributed by atoms with E-state index in [-0.39, 0.29) is 5.91 Å². The third kappa shape index (κ3) is 3.95. The summed E-state index contributed by atoms with van der Waals surface area (Å²) >= 11 is 0. The van der Waals surface area contributed by atoms with Crippen molar-refractivity contribution in [3.05, 3.63) is 84.2 Å². The Bertz CT molecular complexity index is 789. The summed E-state index contributed by atoms with van der Waals surface area (Å²) < 4.78 is 0. The Morgan fingerprint density at radius 3 is 2.17 bits per heavy atom. The Labute approximate surface area is 141 Å². The molecule has 0 atom stereocenters. The fraction of sp³-hybridized carbons (Fsp3) is 0.105. The molecule has 120 valence electrons. The zero-order valence-corrected chi connectivity index (χ0v) is 13.4. The molecule has 0 aliphatic heterocycles. The van der Waals surface area contributed by atoms with E-state index in [4.69, 9.17) is 0 Å². The molecule has 1 N–H and O–H groups in total. The first kappa shape index (κ1) is 15.7. The van der Waals surface area contributed by atoms with Crippen molar-refractivity contribution in [2.75, 3.05) is 17.3 Å². The maximum atomic E-state index is 12.2. The number of para-hydroxylation sites is 1. The summed E-state index contributed by atoms with van der Waals surface area (Å²) in [5.74, 6) is 0.355. The zero-order chi connectivity index (χ0) is 16.8. The van der Waals surface area contributed by atoms with Gasteiger partial charge in [-0.05, 0) is 17.7 Å². The van der Waals surface area contributed by atoms with Crippen LogP contribution in [0.5, 0.6) is 0 Å². The molecule has 0 unspecified atom stereocenters. The Kier molecular flexibility index (Phi) is 4.81. The number of amides is 1. The molecule has 0 radical (unpaired) electrons. The third-order valence-corrected chi connectivity index (χ3v) is 3.54. The lowest BCUT2D eigenvalue weighted by molar-refractivity contribution is 0.102. The second-order valence-electron chi connectivity index (χ2n) is 5.43. The summed E-state index contributed by atoms with van der Waals surface area (Å²) in [6, 6.07) is 19.4. The van der Waals surface area contributed by atoms with Crippen LogP contribution in [0.15, 0.2) is 73.1 Å². The predicted molar refractivity (Wildman–Crippen MR) is 95.0 cm³/mol. The highest BCUT2D eigenvalue weighted by Crippen LogP contribution is 2.12. The highest BCUT2D eigenvalue weighted by Gasteiger charge is 2.10. The molecule has 3 aromatic rings. The number of carbonyl (C=O) groups is 1. The first-order valence-electron chi connectivity index (χ1n) is 7.66. The lowest BCUT2D eigenvalue weighted by atomic mass is 10.2. The highest BCUT2D eigenvalue weighted by atomic mass is 16.1. The van der Waals surface area contributed by atoms with Gasteiger partial charge in [0.05, 0.1) is 5.56 Å². The summed E-state index contributed by atoms with van der Waals surface area (Å²) in [6.45, 7) is 0.705. The van der Waals surface area contributed by atoms with E-state index < -0.39 is 0 Å². The molecule has 5 nitrogen and oxygen atoms in total. The lowest BCUT2D eigenvalue weighted by Crippen LogP contribution is -2.20. The molecule has 24 heavy (non-hydrogen) atoms. The molecule has 0 saturated carbocycles. The van der Waals surface area contributed by atoms with E-state index >= 15 is 0 Å². The smallest absolute Gasteiger partial charge is 0.258 e. The number of rotatable bonds is 5. The Morgan fingerprint density at radius 2 is 1.54 bits per heavy atom. The van der Waals surface area contributed by atoms with Gasteiger partial charge in [-0.3, -0.25) is 4.79 Å². The van der Waals surface area contributed by atoms with Crippen molar-refractivity contribution in [1.29, 1.82) is 0 Å². The van der Waals surface area contributed by atoms with Crippen molar-refractivity contribution in [1.82, 2.24) is 9.97 Å². The van der Waals surface area contributed by atoms with Crippen molar-refractivity contribution >= 4 is 17.5 Å². The molecule has 1 amide bonds. The van der Waals surface area contributed by atoms with Crippen molar-refractivity contribution in [2.45, 2.75) is 6.54 Å². The monoisotopic (exact) mass is 318 g/mol. The van der Waals surface area contributed by atoms with Crippen LogP contribution in [-0.4, -0.2) is 22.9 Å². The van der Waals surface area contributed by atoms with Gasteiger partial charge in [-0.25, -0.2) is 9.97 Å². The molecule has 3 rings (SSSR count). The predicted octanol–water partition coefficient (Wildman–Crippen LogP) is 3.37. The van der Waals surface area contributed by atoms with Crippen LogP contribution < -0.4 is 10.2 Å². The quantitative estimate of drug-likeness (QED) is 0.783. The number of hydrogen-bond donors (Lipinski definition) is 1. The largest absolute Gasteiger partial charge is 0.340 e. The van der Waals surface area contributed by atoms with Gasteiger partial charge in [0.25, 0.3) is 5.91 Å². The average Bonchev–Trinajstić information content (AvgIpc) is 2.63. The second-order valence-corrected chi connectivity index (χ2v) is 5.43. The van der Waals surface area contributed by atoms with E-state index in [0.717, 1.165) is 5.69 Å². The zero-order valence-electron chi connectivity index (χ0n) is 13.4. The van der Waals surface area contributed by atoms with Gasteiger partial charge in [-0.1, -0.05) is 48.5 Å². The normalized spacial score (nSPS) is 10.2. The molecule has 0 bridgehead atoms. The topological polar surface area (TPSA) is 58.1 Å². The van der Waals surface area contributed by atoms with Gasteiger partial charge in [0.1, 0.15) is 0 Å². The lowest BCUT2D eigenvalue weighted by Gasteiger charge is -2.17. The Morgan fingerprint density at radius 1 is 0.958 bits per heavy atom. The van der Waals surface area contributed by atoms with E-state index in [1.165, 1.54) is 5.56 Å². The van der Waals surface area contributed by atoms with Crippen LogP contribution in [0.25, 0.3) is 0 Å². The first-order chi connectivity index (χ1) is 11.7. The number of hydrogen-bond acceptors (Lipinski definition) is 4. The van der Waals surface area contributed by atoms with Crippen LogP contribution in [0.1, 0.15) is 15.9 Å². The minimum absolute atomic E-state index is 0.224. The van der Waals surface area contributed by atoms with Crippen LogP contribution in [0.2, 0.25) is 0 Å². The maximum absolute atomic E-state index is 12.2. The van der Waals surface area contributed by atoms with E-state index in [2.05, 4.69) is 27.4 Å². The molecule has 1 aromatic heterocycles. The van der Waals surface area contributed by atoms with Crippen LogP contribution in [0.3, 0.4) is 0 Å². The molecular formula is C19H18N4O. The number of anilines is 2. The van der Waals surface area contributed by atoms with E-state index in [1.807, 2.05) is 60.5 Å². The number of carbonyl (C=O) groups excluding carboxylic acids is 1. The summed E-state index contributed by atoms with van der Waals surface area (Å²) in [5.41, 5.74) is 2.35. The molecule has 1 heterocycles. The number of nitrogens with zero attached hydrogens (tertiary/aromatic N) is 3. The van der Waals surface area contributed by atoms with E-state index in [0.29, 0.717) is 18.1 Å². The molecular weight excluding hydrogens is 300 g/mol. The minimum Gasteiger partial charge on any atom is -0.340 e. The summed E-state index contributed by atoms with van der Waals surface area (Å²) in [5, 5.41) is 2.81. The van der Waals surface area contributed by atoms with Crippen LogP contribution in [0.4, 0.5) is 11.6 Å². The molecule has 5 heteroatoms. The van der Waals surface area contributed by atoms with Gasteiger partial charge in [-0.15, -0.1) is 0 Å². The van der Waals surface area contributed by atoms with Gasteiger partial charge < -0.3 is 10.2 Å². The van der Waals surface area contributed by atoms with Crippen molar-refractivity contribution in [2.24, 2.45) is 0 Å². The number of aromatic nitrogens is 2. The van der Waals surface area contributed by atoms with Gasteiger partial charge in [0, 0.05) is 31.7 Å². The van der Waals surface area contributed by atoms with Gasteiger partial charge in [0.2, 0.25) is 5.95 Å². The minimum atomic E-state index is -0.224. The first-order valence-corrected chi connectivity index (χ1v) is 7.66. The molecule has 2 aromatic carbocycles. The summed E-state index contributed by atoms with van der Waals surface area (Å²) in [7, 11) is 1.92. The van der Waals surface area contributed by atoms with Gasteiger partial charge in [0.15, 0.2) is 0 Å². The highest BCUT2D eigenvalue weighted by molar-refractivity contribution is 6.03. The summed E-state index contributed by atoms with van der Waals surface area (Å²) in [4.78, 5) is 22.7. The summed E-state index contributed by atoms with van der Waals surface area (Å²) in [6.07, 6.45) is 3.09. The number of nitrogens with one attached hydrogen (secondary N) is 1. The fourth-order valence-electron chi connectivity index (χ4n) is 2.29. The molecule has 0 fully saturated rings. The molecule has 0 spiro atoms. The standard InChI is InChI=1S/C19H18N4O/c1-23(14-15-8-4-2-5-9-15)19-20-12-16(13-21-19)18(24)22-17-10-6-3-7-11-17/h2-13H,14H2,1H3,(H,22,24). The van der Waals surface area contributed by atoms with Crippen molar-refractivity contribution in [3.63, 3.8) is 0 Å². The second kappa shape index (κ2) is 7.37.